The molecular weight excluding hydrogens is 128 g/mol. The largest absolute Gasteiger partial charge is 0.469 e. The van der Waals surface area contributed by atoms with Crippen LogP contribution in [-0.2, 0) is 9.53 Å². The van der Waals surface area contributed by atoms with Gasteiger partial charge in [-0.05, 0) is 31.1 Å². The van der Waals surface area contributed by atoms with Crippen molar-refractivity contribution in [3.8, 4) is 0 Å². The summed E-state index contributed by atoms with van der Waals surface area (Å²) < 4.78 is 4.64. The van der Waals surface area contributed by atoms with Gasteiger partial charge in [0.05, 0.1) is 13.0 Å². The molecule has 0 bridgehead atoms. The highest BCUT2D eigenvalue weighted by Crippen LogP contribution is 2.54. The van der Waals surface area contributed by atoms with Crippen LogP contribution in [-0.4, -0.2) is 13.1 Å². The van der Waals surface area contributed by atoms with Crippen molar-refractivity contribution in [3.05, 3.63) is 0 Å². The van der Waals surface area contributed by atoms with E-state index in [1.807, 2.05) is 0 Å². The standard InChI is InChI=1S/C8H12O2/c1-10-8(9)7-4-6(7)5-2-3-5/h5-7H,2-4H2,1H3/t6-,7+/m1/s1. The number of carbonyl (C=O) groups is 1. The average Bonchev–Trinajstić information content (AvgIpc) is 2.74. The lowest BCUT2D eigenvalue weighted by Crippen LogP contribution is -2.04. The summed E-state index contributed by atoms with van der Waals surface area (Å²) in [7, 11) is 1.48. The van der Waals surface area contributed by atoms with Crippen LogP contribution < -0.4 is 0 Å². The summed E-state index contributed by atoms with van der Waals surface area (Å²) in [4.78, 5) is 10.9. The fraction of sp³-hybridized carbons (Fsp3) is 0.875. The molecule has 0 spiro atoms. The number of ether oxygens (including phenoxy) is 1. The molecule has 0 N–H and O–H groups in total. The molecule has 2 aliphatic carbocycles. The molecule has 2 heteroatoms. The lowest BCUT2D eigenvalue weighted by atomic mass is 10.2. The van der Waals surface area contributed by atoms with Crippen LogP contribution in [0, 0.1) is 17.8 Å². The smallest absolute Gasteiger partial charge is 0.308 e. The van der Waals surface area contributed by atoms with Crippen molar-refractivity contribution in [2.75, 3.05) is 7.11 Å². The molecule has 0 unspecified atom stereocenters. The molecule has 0 aromatic carbocycles. The van der Waals surface area contributed by atoms with Gasteiger partial charge in [0, 0.05) is 0 Å². The molecule has 2 nitrogen and oxygen atoms in total. The molecule has 0 aromatic heterocycles. The van der Waals surface area contributed by atoms with E-state index < -0.39 is 0 Å². The third kappa shape index (κ3) is 0.917. The zero-order chi connectivity index (χ0) is 7.14. The van der Waals surface area contributed by atoms with Crippen LogP contribution in [0.4, 0.5) is 0 Å². The SMILES string of the molecule is COC(=O)[C@H]1C[C@@H]1C1CC1. The molecule has 2 aliphatic rings. The molecule has 0 amide bonds. The van der Waals surface area contributed by atoms with Gasteiger partial charge in [0.15, 0.2) is 0 Å². The van der Waals surface area contributed by atoms with Crippen molar-refractivity contribution >= 4 is 5.97 Å². The summed E-state index contributed by atoms with van der Waals surface area (Å²) in [6, 6.07) is 0. The molecule has 2 fully saturated rings. The van der Waals surface area contributed by atoms with E-state index in [0.717, 1.165) is 12.3 Å². The normalized spacial score (nSPS) is 37.3. The molecule has 0 aliphatic heterocycles. The van der Waals surface area contributed by atoms with Crippen LogP contribution in [0.3, 0.4) is 0 Å². The molecule has 10 heavy (non-hydrogen) atoms. The maximum atomic E-state index is 10.9. The number of hydrogen-bond donors (Lipinski definition) is 0. The Morgan fingerprint density at radius 3 is 2.70 bits per heavy atom. The Labute approximate surface area is 60.6 Å². The number of rotatable bonds is 2. The minimum Gasteiger partial charge on any atom is -0.469 e. The van der Waals surface area contributed by atoms with E-state index in [4.69, 9.17) is 0 Å². The molecule has 0 heterocycles. The topological polar surface area (TPSA) is 26.3 Å². The monoisotopic (exact) mass is 140 g/mol. The van der Waals surface area contributed by atoms with Crippen molar-refractivity contribution in [1.29, 1.82) is 0 Å². The maximum absolute atomic E-state index is 10.9. The molecule has 0 radical (unpaired) electrons. The van der Waals surface area contributed by atoms with Crippen LogP contribution >= 0.6 is 0 Å². The maximum Gasteiger partial charge on any atom is 0.308 e. The Bertz CT molecular complexity index is 161. The highest BCUT2D eigenvalue weighted by Gasteiger charge is 2.51. The summed E-state index contributed by atoms with van der Waals surface area (Å²) >= 11 is 0. The zero-order valence-electron chi connectivity index (χ0n) is 6.17. The lowest BCUT2D eigenvalue weighted by molar-refractivity contribution is -0.142. The van der Waals surface area contributed by atoms with Gasteiger partial charge in [-0.15, -0.1) is 0 Å². The second-order valence-corrected chi connectivity index (χ2v) is 3.37. The predicted molar refractivity (Wildman–Crippen MR) is 36.3 cm³/mol. The van der Waals surface area contributed by atoms with E-state index in [-0.39, 0.29) is 11.9 Å². The first kappa shape index (κ1) is 6.20. The summed E-state index contributed by atoms with van der Waals surface area (Å²) in [6.07, 6.45) is 3.79. The van der Waals surface area contributed by atoms with Gasteiger partial charge in [0.25, 0.3) is 0 Å². The van der Waals surface area contributed by atoms with Crippen LogP contribution in [0.5, 0.6) is 0 Å². The Kier molecular flexibility index (Phi) is 1.22. The first-order valence-electron chi connectivity index (χ1n) is 3.90. The average molecular weight is 140 g/mol. The summed E-state index contributed by atoms with van der Waals surface area (Å²) in [5, 5.41) is 0. The Morgan fingerprint density at radius 1 is 1.50 bits per heavy atom. The minimum atomic E-state index is 0.0110. The highest BCUT2D eigenvalue weighted by molar-refractivity contribution is 5.75. The molecule has 2 saturated carbocycles. The van der Waals surface area contributed by atoms with Crippen LogP contribution in [0.1, 0.15) is 19.3 Å². The van der Waals surface area contributed by atoms with E-state index in [9.17, 15) is 4.79 Å². The van der Waals surface area contributed by atoms with Crippen molar-refractivity contribution in [1.82, 2.24) is 0 Å². The zero-order valence-corrected chi connectivity index (χ0v) is 6.17. The summed E-state index contributed by atoms with van der Waals surface area (Å²) in [5.74, 6) is 1.87. The molecule has 2 atom stereocenters. The van der Waals surface area contributed by atoms with Gasteiger partial charge in [-0.3, -0.25) is 4.79 Å². The summed E-state index contributed by atoms with van der Waals surface area (Å²) in [6.45, 7) is 0. The molecule has 0 saturated heterocycles. The predicted octanol–water partition coefficient (Wildman–Crippen LogP) is 1.21. The fourth-order valence-corrected chi connectivity index (χ4v) is 1.68. The number of hydrogen-bond acceptors (Lipinski definition) is 2. The molecular formula is C8H12O2. The molecule has 0 aromatic rings. The fourth-order valence-electron chi connectivity index (χ4n) is 1.68. The van der Waals surface area contributed by atoms with Crippen molar-refractivity contribution < 1.29 is 9.53 Å². The second-order valence-electron chi connectivity index (χ2n) is 3.37. The van der Waals surface area contributed by atoms with E-state index >= 15 is 0 Å². The summed E-state index contributed by atoms with van der Waals surface area (Å²) in [5.41, 5.74) is 0. The Morgan fingerprint density at radius 2 is 2.20 bits per heavy atom. The van der Waals surface area contributed by atoms with E-state index in [1.165, 1.54) is 20.0 Å². The van der Waals surface area contributed by atoms with E-state index in [0.29, 0.717) is 5.92 Å². The van der Waals surface area contributed by atoms with Crippen molar-refractivity contribution in [2.45, 2.75) is 19.3 Å². The van der Waals surface area contributed by atoms with Crippen LogP contribution in [0.2, 0.25) is 0 Å². The minimum absolute atomic E-state index is 0.0110. The van der Waals surface area contributed by atoms with E-state index in [1.54, 1.807) is 0 Å². The second kappa shape index (κ2) is 1.97. The van der Waals surface area contributed by atoms with Gasteiger partial charge in [-0.1, -0.05) is 0 Å². The third-order valence-electron chi connectivity index (χ3n) is 2.57. The van der Waals surface area contributed by atoms with Gasteiger partial charge in [0.2, 0.25) is 0 Å². The van der Waals surface area contributed by atoms with Crippen molar-refractivity contribution in [3.63, 3.8) is 0 Å². The van der Waals surface area contributed by atoms with Crippen LogP contribution in [0.25, 0.3) is 0 Å². The first-order chi connectivity index (χ1) is 4.83. The number of esters is 1. The number of methoxy groups -OCH3 is 1. The Balaban J connectivity index is 1.82. The first-order valence-corrected chi connectivity index (χ1v) is 3.90. The Hall–Kier alpha value is -0.530. The van der Waals surface area contributed by atoms with Gasteiger partial charge >= 0.3 is 5.97 Å². The van der Waals surface area contributed by atoms with Crippen molar-refractivity contribution in [2.24, 2.45) is 17.8 Å². The van der Waals surface area contributed by atoms with Crippen LogP contribution in [0.15, 0.2) is 0 Å². The third-order valence-corrected chi connectivity index (χ3v) is 2.57. The number of carbonyl (C=O) groups excluding carboxylic acids is 1. The lowest BCUT2D eigenvalue weighted by Gasteiger charge is -1.94. The molecule has 2 rings (SSSR count). The highest BCUT2D eigenvalue weighted by atomic mass is 16.5. The van der Waals surface area contributed by atoms with E-state index in [2.05, 4.69) is 4.74 Å². The van der Waals surface area contributed by atoms with Gasteiger partial charge in [-0.2, -0.15) is 0 Å². The van der Waals surface area contributed by atoms with Gasteiger partial charge in [-0.25, -0.2) is 0 Å². The van der Waals surface area contributed by atoms with Gasteiger partial charge < -0.3 is 4.74 Å². The van der Waals surface area contributed by atoms with Gasteiger partial charge in [0.1, 0.15) is 0 Å². The molecule has 56 valence electrons. The quantitative estimate of drug-likeness (QED) is 0.539.